The maximum atomic E-state index is 11.5. The van der Waals surface area contributed by atoms with Gasteiger partial charge < -0.3 is 9.47 Å². The summed E-state index contributed by atoms with van der Waals surface area (Å²) >= 11 is 1.65. The van der Waals surface area contributed by atoms with E-state index in [1.807, 2.05) is 12.3 Å². The van der Waals surface area contributed by atoms with Crippen LogP contribution < -0.4 is 0 Å². The maximum Gasteiger partial charge on any atom is 0.338 e. The van der Waals surface area contributed by atoms with Crippen LogP contribution in [0.4, 0.5) is 0 Å². The second-order valence-electron chi connectivity index (χ2n) is 4.39. The molecule has 0 bridgehead atoms. The molecule has 0 saturated carbocycles. The molecule has 2 rings (SSSR count). The number of rotatable bonds is 4. The van der Waals surface area contributed by atoms with Gasteiger partial charge in [0.2, 0.25) is 0 Å². The fraction of sp³-hybridized carbons (Fsp3) is 0.615. The summed E-state index contributed by atoms with van der Waals surface area (Å²) in [6, 6.07) is 0. The van der Waals surface area contributed by atoms with Gasteiger partial charge in [0.1, 0.15) is 0 Å². The molecule has 18 heavy (non-hydrogen) atoms. The lowest BCUT2D eigenvalue weighted by molar-refractivity contribution is 0.0385. The van der Waals surface area contributed by atoms with E-state index in [0.29, 0.717) is 5.56 Å². The van der Waals surface area contributed by atoms with Gasteiger partial charge in [0.05, 0.1) is 25.9 Å². The Balaban J connectivity index is 1.93. The predicted molar refractivity (Wildman–Crippen MR) is 71.4 cm³/mol. The van der Waals surface area contributed by atoms with Crippen LogP contribution >= 0.6 is 11.3 Å². The molecule has 100 valence electrons. The fourth-order valence-electron chi connectivity index (χ4n) is 2.10. The Morgan fingerprint density at radius 1 is 1.50 bits per heavy atom. The molecule has 1 aliphatic heterocycles. The van der Waals surface area contributed by atoms with Crippen LogP contribution in [0, 0.1) is 6.92 Å². The van der Waals surface area contributed by atoms with Gasteiger partial charge in [0, 0.05) is 29.9 Å². The van der Waals surface area contributed by atoms with E-state index < -0.39 is 0 Å². The van der Waals surface area contributed by atoms with Crippen molar-refractivity contribution in [1.29, 1.82) is 0 Å². The number of morpholine rings is 1. The first-order valence-electron chi connectivity index (χ1n) is 6.17. The molecule has 0 atom stereocenters. The SMILES string of the molecule is COC(=O)c1csc(CCN2CCOCC2)c1C. The molecule has 0 N–H and O–H groups in total. The van der Waals surface area contributed by atoms with Crippen molar-refractivity contribution in [2.45, 2.75) is 13.3 Å². The summed E-state index contributed by atoms with van der Waals surface area (Å²) in [5, 5.41) is 1.90. The van der Waals surface area contributed by atoms with Gasteiger partial charge in [-0.3, -0.25) is 4.90 Å². The number of methoxy groups -OCH3 is 1. The zero-order valence-corrected chi connectivity index (χ0v) is 11.7. The standard InChI is InChI=1S/C13H19NO3S/c1-10-11(13(15)16-2)9-18-12(10)3-4-14-5-7-17-8-6-14/h9H,3-8H2,1-2H3. The molecule has 1 aromatic rings. The molecule has 1 fully saturated rings. The second kappa shape index (κ2) is 6.31. The van der Waals surface area contributed by atoms with Gasteiger partial charge in [-0.25, -0.2) is 4.79 Å². The molecular formula is C13H19NO3S. The van der Waals surface area contributed by atoms with Crippen molar-refractivity contribution in [1.82, 2.24) is 4.90 Å². The minimum absolute atomic E-state index is 0.235. The summed E-state index contributed by atoms with van der Waals surface area (Å²) in [5.74, 6) is -0.235. The van der Waals surface area contributed by atoms with Gasteiger partial charge >= 0.3 is 5.97 Å². The average molecular weight is 269 g/mol. The number of carbonyl (C=O) groups is 1. The lowest BCUT2D eigenvalue weighted by Gasteiger charge is -2.26. The van der Waals surface area contributed by atoms with Crippen molar-refractivity contribution in [3.8, 4) is 0 Å². The minimum Gasteiger partial charge on any atom is -0.465 e. The van der Waals surface area contributed by atoms with Crippen molar-refractivity contribution in [3.05, 3.63) is 21.4 Å². The molecule has 0 radical (unpaired) electrons. The number of nitrogens with zero attached hydrogens (tertiary/aromatic N) is 1. The number of esters is 1. The van der Waals surface area contributed by atoms with E-state index in [9.17, 15) is 4.79 Å². The van der Waals surface area contributed by atoms with E-state index >= 15 is 0 Å². The molecule has 0 amide bonds. The average Bonchev–Trinajstić information content (AvgIpc) is 2.78. The van der Waals surface area contributed by atoms with Crippen molar-refractivity contribution < 1.29 is 14.3 Å². The van der Waals surface area contributed by atoms with Gasteiger partial charge in [-0.1, -0.05) is 0 Å². The Labute approximate surface area is 111 Å². The number of hydrogen-bond donors (Lipinski definition) is 0. The zero-order valence-electron chi connectivity index (χ0n) is 10.9. The van der Waals surface area contributed by atoms with E-state index in [0.717, 1.165) is 44.8 Å². The Morgan fingerprint density at radius 2 is 2.22 bits per heavy atom. The van der Waals surface area contributed by atoms with Crippen LogP contribution in [-0.4, -0.2) is 50.8 Å². The predicted octanol–water partition coefficient (Wildman–Crippen LogP) is 1.72. The van der Waals surface area contributed by atoms with Crippen LogP contribution in [0.5, 0.6) is 0 Å². The van der Waals surface area contributed by atoms with Crippen LogP contribution in [0.1, 0.15) is 20.8 Å². The van der Waals surface area contributed by atoms with Crippen molar-refractivity contribution in [3.63, 3.8) is 0 Å². The van der Waals surface area contributed by atoms with Crippen LogP contribution in [-0.2, 0) is 15.9 Å². The van der Waals surface area contributed by atoms with Crippen LogP contribution in [0.15, 0.2) is 5.38 Å². The molecule has 0 unspecified atom stereocenters. The molecule has 2 heterocycles. The van der Waals surface area contributed by atoms with E-state index in [4.69, 9.17) is 9.47 Å². The van der Waals surface area contributed by atoms with Crippen LogP contribution in [0.2, 0.25) is 0 Å². The summed E-state index contributed by atoms with van der Waals surface area (Å²) in [6.45, 7) is 6.71. The first-order valence-corrected chi connectivity index (χ1v) is 7.05. The number of thiophene rings is 1. The smallest absolute Gasteiger partial charge is 0.338 e. The summed E-state index contributed by atoms with van der Waals surface area (Å²) < 4.78 is 10.1. The number of ether oxygens (including phenoxy) is 2. The third-order valence-electron chi connectivity index (χ3n) is 3.31. The molecule has 5 heteroatoms. The topological polar surface area (TPSA) is 38.8 Å². The van der Waals surface area contributed by atoms with Crippen LogP contribution in [0.3, 0.4) is 0 Å². The molecule has 0 aromatic carbocycles. The summed E-state index contributed by atoms with van der Waals surface area (Å²) in [7, 11) is 1.42. The van der Waals surface area contributed by atoms with Crippen molar-refractivity contribution in [2.24, 2.45) is 0 Å². The Kier molecular flexibility index (Phi) is 4.74. The molecule has 1 aromatic heterocycles. The Bertz CT molecular complexity index is 410. The lowest BCUT2D eigenvalue weighted by atomic mass is 10.1. The molecule has 1 saturated heterocycles. The van der Waals surface area contributed by atoms with Gasteiger partial charge in [-0.2, -0.15) is 0 Å². The maximum absolute atomic E-state index is 11.5. The first kappa shape index (κ1) is 13.5. The highest BCUT2D eigenvalue weighted by Crippen LogP contribution is 2.23. The Morgan fingerprint density at radius 3 is 2.89 bits per heavy atom. The third kappa shape index (κ3) is 3.10. The van der Waals surface area contributed by atoms with Crippen molar-refractivity contribution in [2.75, 3.05) is 40.0 Å². The molecule has 0 aliphatic carbocycles. The summed E-state index contributed by atoms with van der Waals surface area (Å²) in [5.41, 5.74) is 1.78. The third-order valence-corrected chi connectivity index (χ3v) is 4.45. The zero-order chi connectivity index (χ0) is 13.0. The monoisotopic (exact) mass is 269 g/mol. The highest BCUT2D eigenvalue weighted by molar-refractivity contribution is 7.10. The quantitative estimate of drug-likeness (QED) is 0.780. The van der Waals surface area contributed by atoms with E-state index in [2.05, 4.69) is 4.90 Å². The minimum atomic E-state index is -0.235. The number of hydrogen-bond acceptors (Lipinski definition) is 5. The van der Waals surface area contributed by atoms with E-state index in [-0.39, 0.29) is 5.97 Å². The Hall–Kier alpha value is -0.910. The fourth-order valence-corrected chi connectivity index (χ4v) is 3.13. The molecule has 0 spiro atoms. The van der Waals surface area contributed by atoms with Crippen molar-refractivity contribution >= 4 is 17.3 Å². The van der Waals surface area contributed by atoms with Gasteiger partial charge in [-0.05, 0) is 18.9 Å². The van der Waals surface area contributed by atoms with E-state index in [1.54, 1.807) is 11.3 Å². The highest BCUT2D eigenvalue weighted by atomic mass is 32.1. The van der Waals surface area contributed by atoms with Gasteiger partial charge in [-0.15, -0.1) is 11.3 Å². The molecule has 4 nitrogen and oxygen atoms in total. The van der Waals surface area contributed by atoms with Gasteiger partial charge in [0.25, 0.3) is 0 Å². The van der Waals surface area contributed by atoms with Gasteiger partial charge in [0.15, 0.2) is 0 Å². The lowest BCUT2D eigenvalue weighted by Crippen LogP contribution is -2.37. The molecule has 1 aliphatic rings. The second-order valence-corrected chi connectivity index (χ2v) is 5.36. The van der Waals surface area contributed by atoms with E-state index in [1.165, 1.54) is 12.0 Å². The first-order chi connectivity index (χ1) is 8.72. The summed E-state index contributed by atoms with van der Waals surface area (Å²) in [6.07, 6.45) is 0.994. The number of carbonyl (C=O) groups excluding carboxylic acids is 1. The highest BCUT2D eigenvalue weighted by Gasteiger charge is 2.16. The largest absolute Gasteiger partial charge is 0.465 e. The van der Waals surface area contributed by atoms with Crippen LogP contribution in [0.25, 0.3) is 0 Å². The summed E-state index contributed by atoms with van der Waals surface area (Å²) in [4.78, 5) is 15.2. The normalized spacial score (nSPS) is 16.8. The molecular weight excluding hydrogens is 250 g/mol.